The lowest BCUT2D eigenvalue weighted by molar-refractivity contribution is 0.0708. The summed E-state index contributed by atoms with van der Waals surface area (Å²) in [6.07, 6.45) is 1.09. The summed E-state index contributed by atoms with van der Waals surface area (Å²) in [6.45, 7) is 0.898. The van der Waals surface area contributed by atoms with E-state index in [0.717, 1.165) is 0 Å². The third-order valence-corrected chi connectivity index (χ3v) is 6.92. The number of benzene rings is 1. The Morgan fingerprint density at radius 3 is 2.50 bits per heavy atom. The number of carbonyl (C=O) groups excluding carboxylic acids is 1. The van der Waals surface area contributed by atoms with Crippen LogP contribution in [0.3, 0.4) is 0 Å². The molecule has 1 amide bonds. The lowest BCUT2D eigenvalue weighted by Crippen LogP contribution is -2.46. The number of phenolic OH excluding ortho intramolecular Hbond substituents is 1. The van der Waals surface area contributed by atoms with Gasteiger partial charge in [-0.1, -0.05) is 18.2 Å². The highest BCUT2D eigenvalue weighted by molar-refractivity contribution is 7.91. The molecule has 6 nitrogen and oxygen atoms in total. The van der Waals surface area contributed by atoms with Crippen molar-refractivity contribution in [2.45, 2.75) is 23.1 Å². The Hall–Kier alpha value is -1.90. The molecule has 0 saturated carbocycles. The van der Waals surface area contributed by atoms with Crippen LogP contribution in [0.1, 0.15) is 23.2 Å². The highest BCUT2D eigenvalue weighted by Gasteiger charge is 2.28. The molecule has 1 saturated heterocycles. The molecule has 3 rings (SSSR count). The topological polar surface area (TPSA) is 86.7 Å². The fraction of sp³-hybridized carbons (Fsp3) is 0.312. The second-order valence-corrected chi connectivity index (χ2v) is 8.53. The number of hydrogen-bond donors (Lipinski definition) is 2. The van der Waals surface area contributed by atoms with E-state index in [9.17, 15) is 18.3 Å². The van der Waals surface area contributed by atoms with Crippen molar-refractivity contribution in [1.82, 2.24) is 9.62 Å². The van der Waals surface area contributed by atoms with Gasteiger partial charge in [0.2, 0.25) is 10.0 Å². The zero-order valence-electron chi connectivity index (χ0n) is 12.9. The molecule has 0 spiro atoms. The van der Waals surface area contributed by atoms with Crippen LogP contribution in [0.15, 0.2) is 46.0 Å². The van der Waals surface area contributed by atoms with Crippen molar-refractivity contribution < 1.29 is 18.3 Å². The predicted molar refractivity (Wildman–Crippen MR) is 91.7 cm³/mol. The van der Waals surface area contributed by atoms with Gasteiger partial charge in [0.05, 0.1) is 5.56 Å². The number of likely N-dealkylation sites (tertiary alicyclic amines) is 1. The number of piperidine rings is 1. The number of thiophene rings is 1. The van der Waals surface area contributed by atoms with E-state index in [4.69, 9.17) is 0 Å². The van der Waals surface area contributed by atoms with Crippen molar-refractivity contribution >= 4 is 27.3 Å². The number of hydrogen-bond acceptors (Lipinski definition) is 5. The van der Waals surface area contributed by atoms with Crippen LogP contribution in [-0.2, 0) is 10.0 Å². The van der Waals surface area contributed by atoms with Gasteiger partial charge in [-0.05, 0) is 36.4 Å². The lowest BCUT2D eigenvalue weighted by Gasteiger charge is -2.32. The van der Waals surface area contributed by atoms with Gasteiger partial charge in [-0.25, -0.2) is 13.1 Å². The molecule has 0 aliphatic carbocycles. The number of nitrogens with zero attached hydrogens (tertiary/aromatic N) is 1. The lowest BCUT2D eigenvalue weighted by atomic mass is 10.0. The fourth-order valence-corrected chi connectivity index (χ4v) is 5.03. The van der Waals surface area contributed by atoms with Crippen LogP contribution in [-0.4, -0.2) is 43.5 Å². The van der Waals surface area contributed by atoms with Crippen molar-refractivity contribution in [3.05, 3.63) is 47.3 Å². The zero-order chi connectivity index (χ0) is 17.2. The van der Waals surface area contributed by atoms with E-state index in [0.29, 0.717) is 30.1 Å². The summed E-state index contributed by atoms with van der Waals surface area (Å²) in [5.41, 5.74) is 0.273. The molecule has 1 fully saturated rings. The minimum absolute atomic E-state index is 0.0389. The quantitative estimate of drug-likeness (QED) is 0.867. The molecule has 1 aliphatic rings. The Bertz CT molecular complexity index is 810. The third-order valence-electron chi connectivity index (χ3n) is 4.00. The van der Waals surface area contributed by atoms with E-state index in [1.165, 1.54) is 17.4 Å². The standard InChI is InChI=1S/C16H18N2O4S2/c19-14-5-2-1-4-13(14)16(20)18-9-7-12(8-10-18)17-24(21,22)15-6-3-11-23-15/h1-6,11-12,17,19H,7-10H2. The normalized spacial score (nSPS) is 16.2. The summed E-state index contributed by atoms with van der Waals surface area (Å²) >= 11 is 1.18. The highest BCUT2D eigenvalue weighted by atomic mass is 32.2. The minimum Gasteiger partial charge on any atom is -0.507 e. The largest absolute Gasteiger partial charge is 0.507 e. The first-order valence-corrected chi connectivity index (χ1v) is 9.97. The molecule has 128 valence electrons. The summed E-state index contributed by atoms with van der Waals surface area (Å²) in [5.74, 6) is -0.268. The first-order valence-electron chi connectivity index (χ1n) is 7.60. The summed E-state index contributed by atoms with van der Waals surface area (Å²) < 4.78 is 27.5. The Labute approximate surface area is 144 Å². The van der Waals surface area contributed by atoms with Crippen LogP contribution < -0.4 is 4.72 Å². The number of nitrogens with one attached hydrogen (secondary N) is 1. The molecule has 2 aromatic rings. The van der Waals surface area contributed by atoms with E-state index in [2.05, 4.69) is 4.72 Å². The number of carbonyl (C=O) groups is 1. The number of para-hydroxylation sites is 1. The Balaban J connectivity index is 1.60. The van der Waals surface area contributed by atoms with Crippen LogP contribution in [0.5, 0.6) is 5.75 Å². The first-order chi connectivity index (χ1) is 11.5. The average Bonchev–Trinajstić information content (AvgIpc) is 3.10. The molecular weight excluding hydrogens is 348 g/mol. The van der Waals surface area contributed by atoms with Crippen LogP contribution in [0, 0.1) is 0 Å². The third kappa shape index (κ3) is 3.61. The maximum atomic E-state index is 12.4. The average molecular weight is 366 g/mol. The predicted octanol–water partition coefficient (Wildman–Crippen LogP) is 2.04. The monoisotopic (exact) mass is 366 g/mol. The van der Waals surface area contributed by atoms with E-state index in [1.54, 1.807) is 40.6 Å². The Morgan fingerprint density at radius 2 is 1.88 bits per heavy atom. The van der Waals surface area contributed by atoms with E-state index in [-0.39, 0.29) is 23.3 Å². The van der Waals surface area contributed by atoms with Crippen LogP contribution in [0.25, 0.3) is 0 Å². The molecule has 8 heteroatoms. The van der Waals surface area contributed by atoms with Gasteiger partial charge in [-0.15, -0.1) is 11.3 Å². The molecule has 1 aliphatic heterocycles. The maximum Gasteiger partial charge on any atom is 0.257 e. The molecule has 0 unspecified atom stereocenters. The van der Waals surface area contributed by atoms with Gasteiger partial charge in [0.25, 0.3) is 5.91 Å². The summed E-state index contributed by atoms with van der Waals surface area (Å²) in [4.78, 5) is 14.1. The van der Waals surface area contributed by atoms with Gasteiger partial charge in [-0.2, -0.15) is 0 Å². The van der Waals surface area contributed by atoms with Gasteiger partial charge in [0, 0.05) is 19.1 Å². The number of rotatable bonds is 4. The smallest absolute Gasteiger partial charge is 0.257 e. The first kappa shape index (κ1) is 16.9. The molecular formula is C16H18N2O4S2. The van der Waals surface area contributed by atoms with E-state index in [1.807, 2.05) is 0 Å². The van der Waals surface area contributed by atoms with Crippen molar-refractivity contribution in [2.24, 2.45) is 0 Å². The molecule has 0 bridgehead atoms. The molecule has 1 aromatic heterocycles. The van der Waals surface area contributed by atoms with Crippen molar-refractivity contribution in [1.29, 1.82) is 0 Å². The van der Waals surface area contributed by atoms with E-state index < -0.39 is 10.0 Å². The highest BCUT2D eigenvalue weighted by Crippen LogP contribution is 2.22. The van der Waals surface area contributed by atoms with Gasteiger partial charge in [0.15, 0.2) is 0 Å². The number of phenols is 1. The molecule has 0 atom stereocenters. The van der Waals surface area contributed by atoms with Crippen molar-refractivity contribution in [3.8, 4) is 5.75 Å². The fourth-order valence-electron chi connectivity index (χ4n) is 2.72. The molecule has 2 N–H and O–H groups in total. The summed E-state index contributed by atoms with van der Waals surface area (Å²) in [6, 6.07) is 9.52. The minimum atomic E-state index is -3.49. The summed E-state index contributed by atoms with van der Waals surface area (Å²) in [7, 11) is -3.49. The maximum absolute atomic E-state index is 12.4. The number of sulfonamides is 1. The van der Waals surface area contributed by atoms with Crippen LogP contribution >= 0.6 is 11.3 Å². The molecule has 1 aromatic carbocycles. The van der Waals surface area contributed by atoms with Gasteiger partial charge in [0.1, 0.15) is 9.96 Å². The second-order valence-electron chi connectivity index (χ2n) is 5.64. The SMILES string of the molecule is O=C(c1ccccc1O)N1CCC(NS(=O)(=O)c2cccs2)CC1. The van der Waals surface area contributed by atoms with E-state index >= 15 is 0 Å². The van der Waals surface area contributed by atoms with Gasteiger partial charge >= 0.3 is 0 Å². The van der Waals surface area contributed by atoms with Gasteiger partial charge < -0.3 is 10.0 Å². The Morgan fingerprint density at radius 1 is 1.17 bits per heavy atom. The van der Waals surface area contributed by atoms with Gasteiger partial charge in [-0.3, -0.25) is 4.79 Å². The zero-order valence-corrected chi connectivity index (χ0v) is 14.5. The Kier molecular flexibility index (Phi) is 4.88. The van der Waals surface area contributed by atoms with Crippen LogP contribution in [0.4, 0.5) is 0 Å². The van der Waals surface area contributed by atoms with Crippen molar-refractivity contribution in [3.63, 3.8) is 0 Å². The molecule has 2 heterocycles. The number of aromatic hydroxyl groups is 1. The molecule has 24 heavy (non-hydrogen) atoms. The summed E-state index contributed by atoms with van der Waals surface area (Å²) in [5, 5.41) is 11.5. The molecule has 0 radical (unpaired) electrons. The second kappa shape index (κ2) is 6.92. The van der Waals surface area contributed by atoms with Crippen molar-refractivity contribution in [2.75, 3.05) is 13.1 Å². The van der Waals surface area contributed by atoms with Crippen LogP contribution in [0.2, 0.25) is 0 Å². The number of amides is 1.